The molecule has 3 rings (SSSR count). The van der Waals surface area contributed by atoms with Gasteiger partial charge in [-0.05, 0) is 55.9 Å². The van der Waals surface area contributed by atoms with Crippen molar-refractivity contribution in [3.05, 3.63) is 53.6 Å². The molecule has 0 saturated carbocycles. The van der Waals surface area contributed by atoms with E-state index < -0.39 is 0 Å². The lowest BCUT2D eigenvalue weighted by atomic mass is 10.00. The van der Waals surface area contributed by atoms with Gasteiger partial charge in [-0.2, -0.15) is 0 Å². The van der Waals surface area contributed by atoms with E-state index >= 15 is 0 Å². The summed E-state index contributed by atoms with van der Waals surface area (Å²) in [4.78, 5) is 15.6. The van der Waals surface area contributed by atoms with Crippen LogP contribution in [-0.4, -0.2) is 18.8 Å². The summed E-state index contributed by atoms with van der Waals surface area (Å²) in [6.07, 6.45) is 4.08. The predicted molar refractivity (Wildman–Crippen MR) is 94.1 cm³/mol. The summed E-state index contributed by atoms with van der Waals surface area (Å²) >= 11 is 1.67. The summed E-state index contributed by atoms with van der Waals surface area (Å²) in [6.45, 7) is 2.86. The molecule has 22 heavy (non-hydrogen) atoms. The second kappa shape index (κ2) is 6.44. The van der Waals surface area contributed by atoms with Crippen molar-refractivity contribution in [1.82, 2.24) is 0 Å². The fourth-order valence-corrected chi connectivity index (χ4v) is 3.29. The summed E-state index contributed by atoms with van der Waals surface area (Å²) in [5.74, 6) is 0. The topological polar surface area (TPSA) is 32.3 Å². The van der Waals surface area contributed by atoms with Crippen LogP contribution in [0.4, 0.5) is 16.2 Å². The van der Waals surface area contributed by atoms with Crippen molar-refractivity contribution in [2.24, 2.45) is 0 Å². The van der Waals surface area contributed by atoms with E-state index in [0.717, 1.165) is 35.7 Å². The van der Waals surface area contributed by atoms with Gasteiger partial charge in [-0.1, -0.05) is 23.8 Å². The van der Waals surface area contributed by atoms with Crippen molar-refractivity contribution in [3.8, 4) is 0 Å². The first-order chi connectivity index (χ1) is 10.7. The molecule has 0 saturated heterocycles. The minimum atomic E-state index is -0.0527. The first-order valence-corrected chi connectivity index (χ1v) is 8.72. The van der Waals surface area contributed by atoms with Gasteiger partial charge in [0.1, 0.15) is 0 Å². The second-order valence-electron chi connectivity index (χ2n) is 5.55. The smallest absolute Gasteiger partial charge is 0.308 e. The Labute approximate surface area is 135 Å². The van der Waals surface area contributed by atoms with Gasteiger partial charge in [-0.3, -0.25) is 4.90 Å². The number of hydrogen-bond donors (Lipinski definition) is 1. The summed E-state index contributed by atoms with van der Waals surface area (Å²) in [6, 6.07) is 14.2. The summed E-state index contributed by atoms with van der Waals surface area (Å²) in [5, 5.41) is 3.02. The highest BCUT2D eigenvalue weighted by molar-refractivity contribution is 7.98. The minimum Gasteiger partial charge on any atom is -0.308 e. The molecule has 1 N–H and O–H groups in total. The summed E-state index contributed by atoms with van der Waals surface area (Å²) in [5.41, 5.74) is 4.39. The van der Waals surface area contributed by atoms with Crippen LogP contribution in [0.3, 0.4) is 0 Å². The van der Waals surface area contributed by atoms with E-state index in [1.54, 1.807) is 11.8 Å². The molecule has 0 spiro atoms. The van der Waals surface area contributed by atoms with Crippen LogP contribution in [0.1, 0.15) is 17.5 Å². The molecule has 2 aromatic carbocycles. The molecule has 0 atom stereocenters. The lowest BCUT2D eigenvalue weighted by Crippen LogP contribution is -2.38. The van der Waals surface area contributed by atoms with Gasteiger partial charge in [-0.25, -0.2) is 4.79 Å². The third kappa shape index (κ3) is 3.12. The average Bonchev–Trinajstić information content (AvgIpc) is 2.54. The SMILES string of the molecule is CSc1cccc(NC(=O)N2CCCc3cc(C)ccc32)c1. The molecule has 2 aromatic rings. The number of nitrogens with zero attached hydrogens (tertiary/aromatic N) is 1. The molecule has 1 heterocycles. The number of fused-ring (bicyclic) bond motifs is 1. The number of urea groups is 1. The van der Waals surface area contributed by atoms with Crippen molar-refractivity contribution in [2.75, 3.05) is 23.0 Å². The number of aryl methyl sites for hydroxylation is 2. The highest BCUT2D eigenvalue weighted by Crippen LogP contribution is 2.29. The van der Waals surface area contributed by atoms with Gasteiger partial charge in [0.2, 0.25) is 0 Å². The van der Waals surface area contributed by atoms with Crippen LogP contribution in [0, 0.1) is 6.92 Å². The average molecular weight is 312 g/mol. The highest BCUT2D eigenvalue weighted by Gasteiger charge is 2.22. The van der Waals surface area contributed by atoms with Gasteiger partial charge in [0.05, 0.1) is 0 Å². The Hall–Kier alpha value is -1.94. The summed E-state index contributed by atoms with van der Waals surface area (Å²) in [7, 11) is 0. The fourth-order valence-electron chi connectivity index (χ4n) is 2.83. The lowest BCUT2D eigenvalue weighted by Gasteiger charge is -2.30. The number of anilines is 2. The number of hydrogen-bond acceptors (Lipinski definition) is 2. The van der Waals surface area contributed by atoms with E-state index in [0.29, 0.717) is 0 Å². The molecule has 0 bridgehead atoms. The minimum absolute atomic E-state index is 0.0527. The zero-order valence-electron chi connectivity index (χ0n) is 12.9. The van der Waals surface area contributed by atoms with E-state index in [2.05, 4.69) is 30.4 Å². The Morgan fingerprint density at radius 1 is 1.23 bits per heavy atom. The Kier molecular flexibility index (Phi) is 4.39. The van der Waals surface area contributed by atoms with Crippen LogP contribution >= 0.6 is 11.8 Å². The largest absolute Gasteiger partial charge is 0.326 e. The molecule has 2 amide bonds. The molecule has 1 aliphatic rings. The van der Waals surface area contributed by atoms with Crippen molar-refractivity contribution < 1.29 is 4.79 Å². The molecule has 3 nitrogen and oxygen atoms in total. The van der Waals surface area contributed by atoms with E-state index in [4.69, 9.17) is 0 Å². The zero-order chi connectivity index (χ0) is 15.5. The second-order valence-corrected chi connectivity index (χ2v) is 6.43. The number of rotatable bonds is 2. The third-order valence-corrected chi connectivity index (χ3v) is 4.65. The van der Waals surface area contributed by atoms with Crippen LogP contribution < -0.4 is 10.2 Å². The quantitative estimate of drug-likeness (QED) is 0.815. The molecule has 0 unspecified atom stereocenters. The highest BCUT2D eigenvalue weighted by atomic mass is 32.2. The van der Waals surface area contributed by atoms with Crippen LogP contribution in [0.15, 0.2) is 47.4 Å². The number of amides is 2. The molecule has 0 radical (unpaired) electrons. The van der Waals surface area contributed by atoms with Crippen LogP contribution in [0.5, 0.6) is 0 Å². The predicted octanol–water partition coefficient (Wildman–Crippen LogP) is 4.70. The Morgan fingerprint density at radius 3 is 2.91 bits per heavy atom. The monoisotopic (exact) mass is 312 g/mol. The molecule has 4 heteroatoms. The van der Waals surface area contributed by atoms with Crippen molar-refractivity contribution >= 4 is 29.2 Å². The van der Waals surface area contributed by atoms with Crippen LogP contribution in [0.2, 0.25) is 0 Å². The number of carbonyl (C=O) groups excluding carboxylic acids is 1. The maximum absolute atomic E-state index is 12.6. The van der Waals surface area contributed by atoms with Gasteiger partial charge in [0.25, 0.3) is 0 Å². The summed E-state index contributed by atoms with van der Waals surface area (Å²) < 4.78 is 0. The van der Waals surface area contributed by atoms with Crippen molar-refractivity contribution in [3.63, 3.8) is 0 Å². The molecule has 0 aliphatic carbocycles. The fraction of sp³-hybridized carbons (Fsp3) is 0.278. The molecule has 1 aliphatic heterocycles. The number of carbonyl (C=O) groups is 1. The standard InChI is InChI=1S/C18H20N2OS/c1-13-8-9-17-14(11-13)5-4-10-20(17)18(21)19-15-6-3-7-16(12-15)22-2/h3,6-9,11-12H,4-5,10H2,1-2H3,(H,19,21). The maximum Gasteiger partial charge on any atom is 0.326 e. The number of thioether (sulfide) groups is 1. The van der Waals surface area contributed by atoms with Crippen molar-refractivity contribution in [1.29, 1.82) is 0 Å². The molecule has 114 valence electrons. The molecular formula is C18H20N2OS. The van der Waals surface area contributed by atoms with Crippen LogP contribution in [-0.2, 0) is 6.42 Å². The number of benzene rings is 2. The number of nitrogens with one attached hydrogen (secondary N) is 1. The molecule has 0 aromatic heterocycles. The first-order valence-electron chi connectivity index (χ1n) is 7.49. The van der Waals surface area contributed by atoms with Gasteiger partial charge in [-0.15, -0.1) is 11.8 Å². The molecular weight excluding hydrogens is 292 g/mol. The van der Waals surface area contributed by atoms with Crippen LogP contribution in [0.25, 0.3) is 0 Å². The Morgan fingerprint density at radius 2 is 2.09 bits per heavy atom. The van der Waals surface area contributed by atoms with Gasteiger partial charge in [0, 0.05) is 22.8 Å². The Balaban J connectivity index is 1.81. The first kappa shape index (κ1) is 15.0. The van der Waals surface area contributed by atoms with E-state index in [9.17, 15) is 4.79 Å². The van der Waals surface area contributed by atoms with Gasteiger partial charge >= 0.3 is 6.03 Å². The van der Waals surface area contributed by atoms with Gasteiger partial charge < -0.3 is 5.32 Å². The van der Waals surface area contributed by atoms with E-state index in [1.807, 2.05) is 35.4 Å². The lowest BCUT2D eigenvalue weighted by molar-refractivity contribution is 0.256. The van der Waals surface area contributed by atoms with Gasteiger partial charge in [0.15, 0.2) is 0 Å². The third-order valence-electron chi connectivity index (χ3n) is 3.92. The van der Waals surface area contributed by atoms with Crippen molar-refractivity contribution in [2.45, 2.75) is 24.7 Å². The van der Waals surface area contributed by atoms with E-state index in [1.165, 1.54) is 11.1 Å². The normalized spacial score (nSPS) is 13.6. The zero-order valence-corrected chi connectivity index (χ0v) is 13.7. The maximum atomic E-state index is 12.6. The Bertz CT molecular complexity index is 699. The van der Waals surface area contributed by atoms with E-state index in [-0.39, 0.29) is 6.03 Å². The molecule has 0 fully saturated rings.